The van der Waals surface area contributed by atoms with Crippen molar-refractivity contribution >= 4 is 0 Å². The Morgan fingerprint density at radius 1 is 1.11 bits per heavy atom. The van der Waals surface area contributed by atoms with Gasteiger partial charge in [0.1, 0.15) is 5.75 Å². The lowest BCUT2D eigenvalue weighted by Crippen LogP contribution is -2.36. The highest BCUT2D eigenvalue weighted by Crippen LogP contribution is 2.42. The van der Waals surface area contributed by atoms with Crippen molar-refractivity contribution in [1.82, 2.24) is 5.32 Å². The van der Waals surface area contributed by atoms with E-state index in [1.165, 1.54) is 31.2 Å². The zero-order chi connectivity index (χ0) is 13.2. The summed E-state index contributed by atoms with van der Waals surface area (Å²) in [6.07, 6.45) is 5.66. The zero-order valence-electron chi connectivity index (χ0n) is 12.1. The summed E-state index contributed by atoms with van der Waals surface area (Å²) >= 11 is 0. The molecule has 1 aromatic carbocycles. The van der Waals surface area contributed by atoms with E-state index >= 15 is 0 Å². The minimum Gasteiger partial charge on any atom is -0.490 e. The number of hydrogen-bond donors (Lipinski definition) is 1. The van der Waals surface area contributed by atoms with Crippen LogP contribution in [0.2, 0.25) is 0 Å². The first-order valence-corrected chi connectivity index (χ1v) is 7.72. The summed E-state index contributed by atoms with van der Waals surface area (Å²) in [5.74, 6) is 2.61. The van der Waals surface area contributed by atoms with Gasteiger partial charge in [0.2, 0.25) is 0 Å². The van der Waals surface area contributed by atoms with Gasteiger partial charge in [-0.2, -0.15) is 0 Å². The van der Waals surface area contributed by atoms with Crippen LogP contribution < -0.4 is 10.1 Å². The van der Waals surface area contributed by atoms with Crippen molar-refractivity contribution in [2.24, 2.45) is 5.92 Å². The molecule has 104 valence electrons. The van der Waals surface area contributed by atoms with E-state index in [9.17, 15) is 0 Å². The fraction of sp³-hybridized carbons (Fsp3) is 0.647. The smallest absolute Gasteiger partial charge is 0.119 e. The van der Waals surface area contributed by atoms with Gasteiger partial charge in [0.05, 0.1) is 6.10 Å². The Balaban J connectivity index is 1.55. The van der Waals surface area contributed by atoms with E-state index in [2.05, 4.69) is 43.4 Å². The van der Waals surface area contributed by atoms with Gasteiger partial charge in [-0.05, 0) is 61.8 Å². The highest BCUT2D eigenvalue weighted by molar-refractivity contribution is 5.31. The highest BCUT2D eigenvalue weighted by atomic mass is 16.5. The lowest BCUT2D eigenvalue weighted by atomic mass is 9.70. The van der Waals surface area contributed by atoms with Crippen LogP contribution in [-0.2, 0) is 0 Å². The Morgan fingerprint density at radius 3 is 2.37 bits per heavy atom. The van der Waals surface area contributed by atoms with Crippen LogP contribution in [0.5, 0.6) is 5.75 Å². The minimum atomic E-state index is 0.498. The molecule has 1 aromatic rings. The molecular weight excluding hydrogens is 234 g/mol. The van der Waals surface area contributed by atoms with Crippen LogP contribution in [0.15, 0.2) is 24.3 Å². The molecule has 0 amide bonds. The Hall–Kier alpha value is -1.02. The molecule has 3 rings (SSSR count). The van der Waals surface area contributed by atoms with Gasteiger partial charge in [-0.15, -0.1) is 0 Å². The van der Waals surface area contributed by atoms with E-state index in [0.29, 0.717) is 12.1 Å². The van der Waals surface area contributed by atoms with E-state index in [4.69, 9.17) is 4.74 Å². The monoisotopic (exact) mass is 259 g/mol. The van der Waals surface area contributed by atoms with Gasteiger partial charge in [-0.3, -0.25) is 0 Å². The van der Waals surface area contributed by atoms with Crippen molar-refractivity contribution in [1.29, 1.82) is 0 Å². The van der Waals surface area contributed by atoms with Crippen molar-refractivity contribution in [3.05, 3.63) is 29.8 Å². The Kier molecular flexibility index (Phi) is 3.79. The third-order valence-electron chi connectivity index (χ3n) is 4.34. The van der Waals surface area contributed by atoms with E-state index < -0.39 is 0 Å². The summed E-state index contributed by atoms with van der Waals surface area (Å²) in [5.41, 5.74) is 1.49. The van der Waals surface area contributed by atoms with Crippen LogP contribution in [0, 0.1) is 5.92 Å². The first-order chi connectivity index (χ1) is 9.22. The maximum atomic E-state index is 5.81. The minimum absolute atomic E-state index is 0.498. The molecule has 0 saturated heterocycles. The SMILES string of the molecule is CC(C)NCC1CCC1c1ccc(OC2CC2)cc1. The maximum absolute atomic E-state index is 5.81. The third-order valence-corrected chi connectivity index (χ3v) is 4.34. The molecule has 2 saturated carbocycles. The summed E-state index contributed by atoms with van der Waals surface area (Å²) in [5, 5.41) is 3.57. The number of hydrogen-bond acceptors (Lipinski definition) is 2. The van der Waals surface area contributed by atoms with E-state index in [0.717, 1.165) is 24.1 Å². The van der Waals surface area contributed by atoms with Crippen molar-refractivity contribution in [3.63, 3.8) is 0 Å². The molecule has 0 spiro atoms. The molecule has 1 N–H and O–H groups in total. The highest BCUT2D eigenvalue weighted by Gasteiger charge is 2.31. The van der Waals surface area contributed by atoms with E-state index in [-0.39, 0.29) is 0 Å². The summed E-state index contributed by atoms with van der Waals surface area (Å²) in [6, 6.07) is 9.43. The Labute approximate surface area is 116 Å². The second-order valence-electron chi connectivity index (χ2n) is 6.39. The lowest BCUT2D eigenvalue weighted by Gasteiger charge is -2.37. The van der Waals surface area contributed by atoms with Crippen LogP contribution in [0.4, 0.5) is 0 Å². The summed E-state index contributed by atoms with van der Waals surface area (Å²) < 4.78 is 5.81. The predicted molar refractivity (Wildman–Crippen MR) is 78.7 cm³/mol. The standard InChI is InChI=1S/C17H25NO/c1-12(2)18-11-14-5-10-17(14)13-3-6-15(7-4-13)19-16-8-9-16/h3-4,6-7,12,14,16-18H,5,8-11H2,1-2H3. The fourth-order valence-electron chi connectivity index (χ4n) is 2.81. The molecule has 2 heteroatoms. The fourth-order valence-corrected chi connectivity index (χ4v) is 2.81. The van der Waals surface area contributed by atoms with Crippen molar-refractivity contribution in [2.75, 3.05) is 6.54 Å². The molecule has 2 nitrogen and oxygen atoms in total. The molecule has 0 heterocycles. The van der Waals surface area contributed by atoms with Crippen LogP contribution in [-0.4, -0.2) is 18.7 Å². The lowest BCUT2D eigenvalue weighted by molar-refractivity contribution is 0.240. The molecule has 2 aliphatic carbocycles. The van der Waals surface area contributed by atoms with Gasteiger partial charge in [0, 0.05) is 6.04 Å². The summed E-state index contributed by atoms with van der Waals surface area (Å²) in [4.78, 5) is 0. The molecule has 0 aliphatic heterocycles. The quantitative estimate of drug-likeness (QED) is 0.840. The topological polar surface area (TPSA) is 21.3 Å². The van der Waals surface area contributed by atoms with Crippen LogP contribution in [0.3, 0.4) is 0 Å². The summed E-state index contributed by atoms with van der Waals surface area (Å²) in [6.45, 7) is 5.60. The summed E-state index contributed by atoms with van der Waals surface area (Å²) in [7, 11) is 0. The molecule has 0 bridgehead atoms. The molecule has 2 unspecified atom stereocenters. The molecular formula is C17H25NO. The van der Waals surface area contributed by atoms with Gasteiger partial charge >= 0.3 is 0 Å². The van der Waals surface area contributed by atoms with Crippen molar-refractivity contribution < 1.29 is 4.74 Å². The van der Waals surface area contributed by atoms with E-state index in [1.807, 2.05) is 0 Å². The van der Waals surface area contributed by atoms with Crippen LogP contribution in [0.1, 0.15) is 51.0 Å². The van der Waals surface area contributed by atoms with Crippen molar-refractivity contribution in [2.45, 2.75) is 57.6 Å². The first-order valence-electron chi connectivity index (χ1n) is 7.72. The van der Waals surface area contributed by atoms with Gasteiger partial charge in [-0.1, -0.05) is 26.0 Å². The Bertz CT molecular complexity index is 408. The van der Waals surface area contributed by atoms with Crippen LogP contribution in [0.25, 0.3) is 0 Å². The van der Waals surface area contributed by atoms with Gasteiger partial charge in [0.15, 0.2) is 0 Å². The molecule has 19 heavy (non-hydrogen) atoms. The average molecular weight is 259 g/mol. The molecule has 2 atom stereocenters. The second kappa shape index (κ2) is 5.54. The number of rotatable bonds is 6. The maximum Gasteiger partial charge on any atom is 0.119 e. The number of ether oxygens (including phenoxy) is 1. The number of nitrogens with one attached hydrogen (secondary N) is 1. The first kappa shape index (κ1) is 13.0. The predicted octanol–water partition coefficient (Wildman–Crippen LogP) is 3.72. The van der Waals surface area contributed by atoms with Gasteiger partial charge < -0.3 is 10.1 Å². The zero-order valence-corrected chi connectivity index (χ0v) is 12.1. The Morgan fingerprint density at radius 2 is 1.84 bits per heavy atom. The third kappa shape index (κ3) is 3.30. The van der Waals surface area contributed by atoms with E-state index in [1.54, 1.807) is 0 Å². The normalized spacial score (nSPS) is 26.3. The van der Waals surface area contributed by atoms with Crippen molar-refractivity contribution in [3.8, 4) is 5.75 Å². The van der Waals surface area contributed by atoms with Gasteiger partial charge in [-0.25, -0.2) is 0 Å². The largest absolute Gasteiger partial charge is 0.490 e. The number of benzene rings is 1. The molecule has 2 fully saturated rings. The van der Waals surface area contributed by atoms with Gasteiger partial charge in [0.25, 0.3) is 0 Å². The molecule has 0 radical (unpaired) electrons. The second-order valence-corrected chi connectivity index (χ2v) is 6.39. The van der Waals surface area contributed by atoms with Crippen LogP contribution >= 0.6 is 0 Å². The average Bonchev–Trinajstić information content (AvgIpc) is 3.14. The molecule has 2 aliphatic rings. The molecule has 0 aromatic heterocycles.